The van der Waals surface area contributed by atoms with Gasteiger partial charge >= 0.3 is 18.0 Å². The van der Waals surface area contributed by atoms with Crippen LogP contribution >= 0.6 is 0 Å². The molecule has 10 heteroatoms. The van der Waals surface area contributed by atoms with Gasteiger partial charge in [0, 0.05) is 12.5 Å². The molecule has 1 unspecified atom stereocenters. The molecule has 1 fully saturated rings. The fraction of sp³-hybridized carbons (Fsp3) is 0.290. The standard InChI is InChI=1S/C31H30N2O8/c34-28(40-17-20-8-2-1-3-9-20)16-26(29(35)33-14-15-39-19-27(33)30(36)37)32-31(38)41-18-25-23-12-6-4-10-21(23)22-11-5-7-13-24(22)25/h1-13,25-27H,14-19H2,(H,32,38)(H,36,37)/t26-,27?/m0/s1. The lowest BCUT2D eigenvalue weighted by Gasteiger charge is -2.35. The van der Waals surface area contributed by atoms with Crippen LogP contribution in [0.15, 0.2) is 78.9 Å². The molecule has 2 amide bonds. The highest BCUT2D eigenvalue weighted by atomic mass is 16.6. The van der Waals surface area contributed by atoms with E-state index in [1.807, 2.05) is 54.6 Å². The molecule has 2 aliphatic rings. The van der Waals surface area contributed by atoms with E-state index in [0.29, 0.717) is 0 Å². The van der Waals surface area contributed by atoms with Gasteiger partial charge in [-0.25, -0.2) is 9.59 Å². The minimum Gasteiger partial charge on any atom is -0.480 e. The largest absolute Gasteiger partial charge is 0.480 e. The summed E-state index contributed by atoms with van der Waals surface area (Å²) in [6.45, 7) is -0.0735. The van der Waals surface area contributed by atoms with E-state index in [1.165, 1.54) is 0 Å². The molecular weight excluding hydrogens is 528 g/mol. The first-order valence-electron chi connectivity index (χ1n) is 13.3. The number of carboxylic acid groups (broad SMARTS) is 1. The predicted molar refractivity (Wildman–Crippen MR) is 147 cm³/mol. The zero-order valence-electron chi connectivity index (χ0n) is 22.2. The maximum absolute atomic E-state index is 13.5. The Hall–Kier alpha value is -4.70. The summed E-state index contributed by atoms with van der Waals surface area (Å²) in [5, 5.41) is 12.1. The Balaban J connectivity index is 1.28. The highest BCUT2D eigenvalue weighted by Gasteiger charge is 2.38. The van der Waals surface area contributed by atoms with E-state index >= 15 is 0 Å². The van der Waals surface area contributed by atoms with Crippen molar-refractivity contribution in [3.05, 3.63) is 95.6 Å². The van der Waals surface area contributed by atoms with Crippen LogP contribution in [0, 0.1) is 0 Å². The number of aliphatic carboxylic acids is 1. The zero-order chi connectivity index (χ0) is 28.8. The number of morpholine rings is 1. The Labute approximate surface area is 236 Å². The van der Waals surface area contributed by atoms with Gasteiger partial charge in [-0.05, 0) is 27.8 Å². The van der Waals surface area contributed by atoms with Crippen LogP contribution in [-0.4, -0.2) is 72.4 Å². The molecule has 1 saturated heterocycles. The second-order valence-electron chi connectivity index (χ2n) is 9.83. The average molecular weight is 559 g/mol. The van der Waals surface area contributed by atoms with Gasteiger partial charge in [0.05, 0.1) is 19.6 Å². The highest BCUT2D eigenvalue weighted by Crippen LogP contribution is 2.44. The number of nitrogens with one attached hydrogen (secondary N) is 1. The number of nitrogens with zero attached hydrogens (tertiary/aromatic N) is 1. The number of carbonyl (C=O) groups excluding carboxylic acids is 3. The van der Waals surface area contributed by atoms with E-state index in [0.717, 1.165) is 32.7 Å². The smallest absolute Gasteiger partial charge is 0.407 e. The van der Waals surface area contributed by atoms with E-state index in [9.17, 15) is 24.3 Å². The monoisotopic (exact) mass is 558 g/mol. The number of carboxylic acids is 1. The number of hydrogen-bond donors (Lipinski definition) is 2. The summed E-state index contributed by atoms with van der Waals surface area (Å²) in [6.07, 6.45) is -1.40. The van der Waals surface area contributed by atoms with Crippen LogP contribution in [0.1, 0.15) is 29.0 Å². The molecule has 3 aromatic rings. The molecule has 41 heavy (non-hydrogen) atoms. The first kappa shape index (κ1) is 27.9. The number of rotatable bonds is 9. The van der Waals surface area contributed by atoms with Crippen molar-refractivity contribution < 1.29 is 38.5 Å². The molecule has 0 radical (unpaired) electrons. The van der Waals surface area contributed by atoms with Crippen molar-refractivity contribution in [2.45, 2.75) is 31.0 Å². The third-order valence-electron chi connectivity index (χ3n) is 7.24. The van der Waals surface area contributed by atoms with Crippen molar-refractivity contribution in [2.24, 2.45) is 0 Å². The molecule has 1 aliphatic carbocycles. The molecule has 1 heterocycles. The van der Waals surface area contributed by atoms with Crippen molar-refractivity contribution in [3.63, 3.8) is 0 Å². The Bertz CT molecular complexity index is 1380. The van der Waals surface area contributed by atoms with E-state index < -0.39 is 42.4 Å². The molecule has 0 bridgehead atoms. The van der Waals surface area contributed by atoms with Crippen LogP contribution in [0.25, 0.3) is 11.1 Å². The number of fused-ring (bicyclic) bond motifs is 3. The summed E-state index contributed by atoms with van der Waals surface area (Å²) >= 11 is 0. The summed E-state index contributed by atoms with van der Waals surface area (Å²) < 4.78 is 16.1. The predicted octanol–water partition coefficient (Wildman–Crippen LogP) is 3.34. The molecule has 0 spiro atoms. The summed E-state index contributed by atoms with van der Waals surface area (Å²) in [4.78, 5) is 52.1. The van der Waals surface area contributed by atoms with Crippen LogP contribution in [0.2, 0.25) is 0 Å². The fourth-order valence-electron chi connectivity index (χ4n) is 5.22. The fourth-order valence-corrected chi connectivity index (χ4v) is 5.22. The van der Waals surface area contributed by atoms with Crippen molar-refractivity contribution in [1.82, 2.24) is 10.2 Å². The molecule has 1 aliphatic heterocycles. The second-order valence-corrected chi connectivity index (χ2v) is 9.83. The SMILES string of the molecule is O=C(C[C@H](NC(=O)OCC1c2ccccc2-c2ccccc21)C(=O)N1CCOCC1C(=O)O)OCc1ccccc1. The third-order valence-corrected chi connectivity index (χ3v) is 7.24. The van der Waals surface area contributed by atoms with Gasteiger partial charge in [0.1, 0.15) is 19.3 Å². The van der Waals surface area contributed by atoms with E-state index in [1.54, 1.807) is 24.3 Å². The average Bonchev–Trinajstić information content (AvgIpc) is 3.32. The lowest BCUT2D eigenvalue weighted by atomic mass is 9.98. The van der Waals surface area contributed by atoms with Crippen LogP contribution in [0.5, 0.6) is 0 Å². The Morgan fingerprint density at radius 2 is 1.54 bits per heavy atom. The third kappa shape index (κ3) is 6.38. The van der Waals surface area contributed by atoms with Gasteiger partial charge in [0.25, 0.3) is 0 Å². The first-order valence-corrected chi connectivity index (χ1v) is 13.3. The quantitative estimate of drug-likeness (QED) is 0.383. The number of hydrogen-bond acceptors (Lipinski definition) is 7. The summed E-state index contributed by atoms with van der Waals surface area (Å²) in [5.74, 6) is -2.91. The van der Waals surface area contributed by atoms with Gasteiger partial charge in [-0.1, -0.05) is 78.9 Å². The maximum Gasteiger partial charge on any atom is 0.407 e. The first-order chi connectivity index (χ1) is 19.9. The van der Waals surface area contributed by atoms with E-state index in [-0.39, 0.29) is 38.9 Å². The zero-order valence-corrected chi connectivity index (χ0v) is 22.2. The summed E-state index contributed by atoms with van der Waals surface area (Å²) in [6, 6.07) is 22.1. The van der Waals surface area contributed by atoms with E-state index in [2.05, 4.69) is 5.32 Å². The van der Waals surface area contributed by atoms with Gasteiger partial charge in [-0.2, -0.15) is 0 Å². The normalized spacial score (nSPS) is 16.7. The molecule has 2 atom stereocenters. The second kappa shape index (κ2) is 12.6. The molecule has 10 nitrogen and oxygen atoms in total. The minimum atomic E-state index is -1.39. The van der Waals surface area contributed by atoms with Crippen LogP contribution < -0.4 is 5.32 Å². The van der Waals surface area contributed by atoms with Crippen molar-refractivity contribution in [3.8, 4) is 11.1 Å². The number of alkyl carbamates (subject to hydrolysis) is 1. The van der Waals surface area contributed by atoms with Gasteiger partial charge in [0.2, 0.25) is 5.91 Å². The van der Waals surface area contributed by atoms with Crippen LogP contribution in [-0.2, 0) is 35.2 Å². The molecule has 5 rings (SSSR count). The summed E-state index contributed by atoms with van der Waals surface area (Å²) in [7, 11) is 0. The maximum atomic E-state index is 13.5. The minimum absolute atomic E-state index is 0.00225. The number of benzene rings is 3. The van der Waals surface area contributed by atoms with Gasteiger partial charge in [-0.15, -0.1) is 0 Å². The van der Waals surface area contributed by atoms with Gasteiger partial charge in [-0.3, -0.25) is 9.59 Å². The van der Waals surface area contributed by atoms with Crippen molar-refractivity contribution in [2.75, 3.05) is 26.4 Å². The molecule has 2 N–H and O–H groups in total. The van der Waals surface area contributed by atoms with Crippen molar-refractivity contribution >= 4 is 23.9 Å². The summed E-state index contributed by atoms with van der Waals surface area (Å²) in [5.41, 5.74) is 4.94. The number of amides is 2. The lowest BCUT2D eigenvalue weighted by Crippen LogP contribution is -2.58. The Morgan fingerprint density at radius 1 is 0.902 bits per heavy atom. The molecule has 0 aromatic heterocycles. The lowest BCUT2D eigenvalue weighted by molar-refractivity contribution is -0.160. The Kier molecular flexibility index (Phi) is 8.59. The van der Waals surface area contributed by atoms with Gasteiger partial charge < -0.3 is 29.5 Å². The van der Waals surface area contributed by atoms with Gasteiger partial charge in [0.15, 0.2) is 6.04 Å². The van der Waals surface area contributed by atoms with E-state index in [4.69, 9.17) is 14.2 Å². The molecular formula is C31H30N2O8. The molecule has 212 valence electrons. The molecule has 0 saturated carbocycles. The van der Waals surface area contributed by atoms with Crippen LogP contribution in [0.4, 0.5) is 4.79 Å². The number of esters is 1. The van der Waals surface area contributed by atoms with Crippen molar-refractivity contribution in [1.29, 1.82) is 0 Å². The highest BCUT2D eigenvalue weighted by molar-refractivity contribution is 5.92. The Morgan fingerprint density at radius 3 is 2.20 bits per heavy atom. The topological polar surface area (TPSA) is 131 Å². The number of carbonyl (C=O) groups is 4. The van der Waals surface area contributed by atoms with Crippen LogP contribution in [0.3, 0.4) is 0 Å². The number of ether oxygens (including phenoxy) is 3. The molecule has 3 aromatic carbocycles.